The summed E-state index contributed by atoms with van der Waals surface area (Å²) in [5.41, 5.74) is 0.795. The molecule has 5 aromatic rings. The molecule has 0 radical (unpaired) electrons. The molecule has 1 aliphatic rings. The number of carbonyl (C=O) groups is 1. The highest BCUT2D eigenvalue weighted by Gasteiger charge is 2.19. The Labute approximate surface area is 286 Å². The predicted molar refractivity (Wildman–Crippen MR) is 180 cm³/mol. The van der Waals surface area contributed by atoms with Crippen LogP contribution in [0.2, 0.25) is 0 Å². The average Bonchev–Trinajstić information content (AvgIpc) is 3.14. The van der Waals surface area contributed by atoms with Crippen molar-refractivity contribution in [1.82, 2.24) is 24.8 Å². The summed E-state index contributed by atoms with van der Waals surface area (Å²) < 4.78 is 58.1. The van der Waals surface area contributed by atoms with Gasteiger partial charge in [-0.15, -0.1) is 0 Å². The molecule has 1 aliphatic heterocycles. The number of nitrogens with zero attached hydrogens (tertiary/aromatic N) is 4. The molecular weight excluding hydrogens is 652 g/mol. The second-order valence-corrected chi connectivity index (χ2v) is 11.3. The Hall–Kier alpha value is -5.60. The number of benzene rings is 3. The molecule has 0 unspecified atom stereocenters. The van der Waals surface area contributed by atoms with Crippen molar-refractivity contribution in [1.29, 1.82) is 0 Å². The first-order chi connectivity index (χ1) is 24.3. The third-order valence-electron chi connectivity index (χ3n) is 8.11. The van der Waals surface area contributed by atoms with E-state index in [9.17, 15) is 14.0 Å². The van der Waals surface area contributed by atoms with Gasteiger partial charge in [0.05, 0.1) is 56.2 Å². The maximum Gasteiger partial charge on any atom is 0.258 e. The Morgan fingerprint density at radius 3 is 2.44 bits per heavy atom. The van der Waals surface area contributed by atoms with E-state index >= 15 is 4.39 Å². The van der Waals surface area contributed by atoms with Crippen molar-refractivity contribution in [2.45, 2.75) is 13.0 Å². The number of hydrogen-bond acceptors (Lipinski definition) is 10. The maximum absolute atomic E-state index is 15.5. The number of halogens is 2. The van der Waals surface area contributed by atoms with E-state index in [1.165, 1.54) is 51.0 Å². The number of methoxy groups -OCH3 is 2. The first-order valence-corrected chi connectivity index (χ1v) is 15.9. The minimum atomic E-state index is -0.786. The van der Waals surface area contributed by atoms with Crippen LogP contribution >= 0.6 is 0 Å². The number of ether oxygens (including phenoxy) is 5. The Balaban J connectivity index is 1.18. The van der Waals surface area contributed by atoms with Gasteiger partial charge in [-0.3, -0.25) is 19.1 Å². The summed E-state index contributed by atoms with van der Waals surface area (Å²) in [6.45, 7) is 4.77. The van der Waals surface area contributed by atoms with Crippen molar-refractivity contribution in [2.75, 3.05) is 53.7 Å². The second-order valence-electron chi connectivity index (χ2n) is 11.3. The van der Waals surface area contributed by atoms with Crippen LogP contribution in [0.3, 0.4) is 0 Å². The fraction of sp³-hybridized carbons (Fsp3) is 0.278. The minimum Gasteiger partial charge on any atom is -0.496 e. The first kappa shape index (κ1) is 34.3. The molecule has 1 fully saturated rings. The van der Waals surface area contributed by atoms with Gasteiger partial charge in [-0.1, -0.05) is 12.1 Å². The molecule has 14 heteroatoms. The zero-order valence-corrected chi connectivity index (χ0v) is 27.5. The van der Waals surface area contributed by atoms with Gasteiger partial charge < -0.3 is 29.0 Å². The summed E-state index contributed by atoms with van der Waals surface area (Å²) in [6, 6.07) is 14.1. The molecule has 260 valence electrons. The van der Waals surface area contributed by atoms with E-state index in [2.05, 4.69) is 20.2 Å². The third kappa shape index (κ3) is 7.98. The molecule has 0 aliphatic carbocycles. The van der Waals surface area contributed by atoms with Gasteiger partial charge >= 0.3 is 0 Å². The SMILES string of the molecule is COc1cc2c(Oc3ccc(-n4cc(C(=O)NCc5ccc(F)cc5)c(OC)cc4=O)cc3F)ncnc2cc1OCCCN1CCOCC1. The zero-order valence-electron chi connectivity index (χ0n) is 27.5. The van der Waals surface area contributed by atoms with Gasteiger partial charge in [0, 0.05) is 50.6 Å². The van der Waals surface area contributed by atoms with Gasteiger partial charge in [0.15, 0.2) is 23.1 Å². The van der Waals surface area contributed by atoms with Crippen LogP contribution in [0.25, 0.3) is 16.6 Å². The lowest BCUT2D eigenvalue weighted by Crippen LogP contribution is -2.37. The van der Waals surface area contributed by atoms with Gasteiger partial charge in [-0.2, -0.15) is 0 Å². The van der Waals surface area contributed by atoms with Crippen molar-refractivity contribution in [3.8, 4) is 34.6 Å². The summed E-state index contributed by atoms with van der Waals surface area (Å²) in [5, 5.41) is 3.19. The lowest BCUT2D eigenvalue weighted by Gasteiger charge is -2.26. The molecule has 50 heavy (non-hydrogen) atoms. The Morgan fingerprint density at radius 1 is 0.920 bits per heavy atom. The molecule has 2 aromatic heterocycles. The fourth-order valence-corrected chi connectivity index (χ4v) is 5.45. The number of nitrogens with one attached hydrogen (secondary N) is 1. The number of hydrogen-bond donors (Lipinski definition) is 1. The van der Waals surface area contributed by atoms with Crippen LogP contribution in [-0.2, 0) is 11.3 Å². The van der Waals surface area contributed by atoms with Crippen LogP contribution in [0.5, 0.6) is 28.9 Å². The molecule has 0 atom stereocenters. The maximum atomic E-state index is 15.5. The molecule has 1 amide bonds. The quantitative estimate of drug-likeness (QED) is 0.171. The summed E-state index contributed by atoms with van der Waals surface area (Å²) >= 11 is 0. The van der Waals surface area contributed by atoms with Gasteiger partial charge in [0.25, 0.3) is 11.5 Å². The lowest BCUT2D eigenvalue weighted by molar-refractivity contribution is 0.0357. The number of aromatic nitrogens is 3. The fourth-order valence-electron chi connectivity index (χ4n) is 5.45. The predicted octanol–water partition coefficient (Wildman–Crippen LogP) is 4.90. The highest BCUT2D eigenvalue weighted by atomic mass is 19.1. The van der Waals surface area contributed by atoms with E-state index < -0.39 is 23.1 Å². The number of fused-ring (bicyclic) bond motifs is 1. The van der Waals surface area contributed by atoms with E-state index in [0.717, 1.165) is 56.0 Å². The summed E-state index contributed by atoms with van der Waals surface area (Å²) in [4.78, 5) is 36.9. The molecule has 3 aromatic carbocycles. The summed E-state index contributed by atoms with van der Waals surface area (Å²) in [7, 11) is 2.85. The number of rotatable bonds is 13. The first-order valence-electron chi connectivity index (χ1n) is 15.9. The van der Waals surface area contributed by atoms with Gasteiger partial charge in [-0.25, -0.2) is 18.7 Å². The van der Waals surface area contributed by atoms with Crippen LogP contribution in [-0.4, -0.2) is 79.0 Å². The smallest absolute Gasteiger partial charge is 0.258 e. The van der Waals surface area contributed by atoms with E-state index in [1.807, 2.05) is 0 Å². The average molecular weight is 688 g/mol. The molecular formula is C36H35F2N5O7. The van der Waals surface area contributed by atoms with Gasteiger partial charge in [0.1, 0.15) is 17.9 Å². The van der Waals surface area contributed by atoms with Crippen molar-refractivity contribution in [3.63, 3.8) is 0 Å². The molecule has 0 spiro atoms. The Bertz CT molecular complexity index is 2040. The Kier molecular flexibility index (Phi) is 10.8. The van der Waals surface area contributed by atoms with Crippen molar-refractivity contribution in [2.24, 2.45) is 0 Å². The number of amides is 1. The van der Waals surface area contributed by atoms with Crippen molar-refractivity contribution >= 4 is 16.8 Å². The summed E-state index contributed by atoms with van der Waals surface area (Å²) in [5.74, 6) is -0.814. The van der Waals surface area contributed by atoms with Crippen LogP contribution in [0.15, 0.2) is 78.0 Å². The number of pyridine rings is 1. The standard InChI is InChI=1S/C36H35F2N5O7/c1-46-31-19-34(44)43(21-27(31)35(45)39-20-23-4-6-24(37)7-5-23)25-8-9-30(28(38)16-25)50-36-26-17-32(47-2)33(18-29(26)40-22-41-36)49-13-3-10-42-11-14-48-15-12-42/h4-9,16-19,21-22H,3,10-15,20H2,1-2H3,(H,39,45). The van der Waals surface area contributed by atoms with E-state index in [-0.39, 0.29) is 35.2 Å². The van der Waals surface area contributed by atoms with E-state index in [1.54, 1.807) is 24.3 Å². The monoisotopic (exact) mass is 687 g/mol. The number of morpholine rings is 1. The van der Waals surface area contributed by atoms with E-state index in [4.69, 9.17) is 23.7 Å². The molecule has 3 heterocycles. The lowest BCUT2D eigenvalue weighted by atomic mass is 10.2. The summed E-state index contributed by atoms with van der Waals surface area (Å²) in [6.07, 6.45) is 3.39. The number of carbonyl (C=O) groups excluding carboxylic acids is 1. The molecule has 0 saturated carbocycles. The van der Waals surface area contributed by atoms with Crippen LogP contribution < -0.4 is 29.8 Å². The topological polar surface area (TPSA) is 126 Å². The second kappa shape index (κ2) is 15.7. The van der Waals surface area contributed by atoms with Crippen molar-refractivity contribution in [3.05, 3.63) is 106 Å². The molecule has 1 saturated heterocycles. The normalized spacial score (nSPS) is 13.2. The van der Waals surface area contributed by atoms with Crippen molar-refractivity contribution < 1.29 is 37.3 Å². The van der Waals surface area contributed by atoms with Crippen LogP contribution in [0.1, 0.15) is 22.3 Å². The molecule has 12 nitrogen and oxygen atoms in total. The van der Waals surface area contributed by atoms with Crippen LogP contribution in [0.4, 0.5) is 8.78 Å². The highest BCUT2D eigenvalue weighted by molar-refractivity contribution is 5.96. The van der Waals surface area contributed by atoms with Gasteiger partial charge in [0.2, 0.25) is 5.88 Å². The van der Waals surface area contributed by atoms with Gasteiger partial charge in [-0.05, 0) is 42.3 Å². The largest absolute Gasteiger partial charge is 0.496 e. The van der Waals surface area contributed by atoms with Crippen LogP contribution in [0, 0.1) is 11.6 Å². The Morgan fingerprint density at radius 2 is 1.70 bits per heavy atom. The molecule has 6 rings (SSSR count). The zero-order chi connectivity index (χ0) is 35.0. The molecule has 0 bridgehead atoms. The van der Waals surface area contributed by atoms with E-state index in [0.29, 0.717) is 34.6 Å². The third-order valence-corrected chi connectivity index (χ3v) is 8.11. The molecule has 1 N–H and O–H groups in total. The minimum absolute atomic E-state index is 0.0379. The highest BCUT2D eigenvalue weighted by Crippen LogP contribution is 2.37.